The molecule has 0 amide bonds. The zero-order chi connectivity index (χ0) is 72.1. The third kappa shape index (κ3) is 72.4. The molecule has 0 saturated carbocycles. The second-order valence-electron chi connectivity index (χ2n) is 29.4. The van der Waals surface area contributed by atoms with Crippen LogP contribution in [-0.4, -0.2) is 96.7 Å². The predicted octanol–water partition coefficient (Wildman–Crippen LogP) is 23.5. The van der Waals surface area contributed by atoms with Crippen molar-refractivity contribution in [3.8, 4) is 0 Å². The second kappa shape index (κ2) is 70.7. The van der Waals surface area contributed by atoms with Gasteiger partial charge in [-0.2, -0.15) is 0 Å². The van der Waals surface area contributed by atoms with Gasteiger partial charge in [0.1, 0.15) is 19.3 Å². The summed E-state index contributed by atoms with van der Waals surface area (Å²) in [6, 6.07) is 0. The lowest BCUT2D eigenvalue weighted by Gasteiger charge is -2.21. The van der Waals surface area contributed by atoms with Gasteiger partial charge in [0.15, 0.2) is 12.2 Å². The number of hydrogen-bond acceptors (Lipinski definition) is 15. The van der Waals surface area contributed by atoms with Gasteiger partial charge < -0.3 is 33.8 Å². The summed E-state index contributed by atoms with van der Waals surface area (Å²) in [5.41, 5.74) is 0. The Bertz CT molecular complexity index is 1890. The van der Waals surface area contributed by atoms with Crippen LogP contribution in [-0.2, 0) is 65.4 Å². The Morgan fingerprint density at radius 1 is 0.276 bits per heavy atom. The van der Waals surface area contributed by atoms with Gasteiger partial charge in [-0.05, 0) is 37.5 Å². The first kappa shape index (κ1) is 96.1. The number of carbonyl (C=O) groups is 4. The third-order valence-electron chi connectivity index (χ3n) is 18.5. The van der Waals surface area contributed by atoms with E-state index < -0.39 is 97.5 Å². The van der Waals surface area contributed by atoms with E-state index in [1.165, 1.54) is 231 Å². The van der Waals surface area contributed by atoms with E-state index in [1.807, 2.05) is 0 Å². The molecule has 0 fully saturated rings. The molecule has 0 aliphatic heterocycles. The molecule has 0 bridgehead atoms. The molecule has 0 saturated heterocycles. The van der Waals surface area contributed by atoms with E-state index in [0.717, 1.165) is 95.8 Å². The number of hydrogen-bond donors (Lipinski definition) is 3. The van der Waals surface area contributed by atoms with Crippen LogP contribution in [0.3, 0.4) is 0 Å². The molecule has 3 N–H and O–H groups in total. The van der Waals surface area contributed by atoms with Crippen molar-refractivity contribution in [1.82, 2.24) is 0 Å². The molecule has 17 nitrogen and oxygen atoms in total. The molecule has 0 spiro atoms. The summed E-state index contributed by atoms with van der Waals surface area (Å²) in [7, 11) is -9.91. The van der Waals surface area contributed by atoms with E-state index in [2.05, 4.69) is 41.5 Å². The number of esters is 4. The van der Waals surface area contributed by atoms with Crippen LogP contribution in [0.4, 0.5) is 0 Å². The van der Waals surface area contributed by atoms with Gasteiger partial charge in [0.2, 0.25) is 0 Å². The normalized spacial score (nSPS) is 13.9. The van der Waals surface area contributed by atoms with Gasteiger partial charge in [-0.1, -0.05) is 363 Å². The minimum Gasteiger partial charge on any atom is -0.462 e. The Hall–Kier alpha value is -1.94. The van der Waals surface area contributed by atoms with Crippen LogP contribution in [0.2, 0.25) is 0 Å². The van der Waals surface area contributed by atoms with Crippen molar-refractivity contribution in [2.45, 2.75) is 432 Å². The zero-order valence-corrected chi connectivity index (χ0v) is 65.9. The number of aliphatic hydroxyl groups is 1. The highest BCUT2D eigenvalue weighted by atomic mass is 31.2. The number of carbonyl (C=O) groups excluding carboxylic acids is 4. The van der Waals surface area contributed by atoms with E-state index in [-0.39, 0.29) is 25.7 Å². The van der Waals surface area contributed by atoms with Crippen LogP contribution in [0.5, 0.6) is 0 Å². The highest BCUT2D eigenvalue weighted by molar-refractivity contribution is 7.47. The Morgan fingerprint density at radius 2 is 0.469 bits per heavy atom. The maximum absolute atomic E-state index is 13.1. The monoisotopic (exact) mass is 1440 g/mol. The quantitative estimate of drug-likeness (QED) is 0.0222. The van der Waals surface area contributed by atoms with Crippen molar-refractivity contribution in [2.75, 3.05) is 39.6 Å². The summed E-state index contributed by atoms with van der Waals surface area (Å²) in [6.07, 6.45) is 59.9. The van der Waals surface area contributed by atoms with Gasteiger partial charge in [0, 0.05) is 25.7 Å². The Labute approximate surface area is 600 Å². The lowest BCUT2D eigenvalue weighted by Crippen LogP contribution is -2.30. The highest BCUT2D eigenvalue weighted by Crippen LogP contribution is 2.45. The summed E-state index contributed by atoms with van der Waals surface area (Å²) in [5.74, 6) is -0.610. The molecule has 0 aliphatic rings. The molecule has 0 aliphatic carbocycles. The number of unbranched alkanes of at least 4 members (excludes halogenated alkanes) is 48. The summed E-state index contributed by atoms with van der Waals surface area (Å²) in [6.45, 7) is 9.57. The Balaban J connectivity index is 5.20. The predicted molar refractivity (Wildman–Crippen MR) is 400 cm³/mol. The van der Waals surface area contributed by atoms with E-state index >= 15 is 0 Å². The number of phosphoric acid groups is 2. The maximum Gasteiger partial charge on any atom is 0.472 e. The summed E-state index contributed by atoms with van der Waals surface area (Å²) >= 11 is 0. The van der Waals surface area contributed by atoms with Crippen LogP contribution in [0.25, 0.3) is 0 Å². The maximum atomic E-state index is 13.1. The minimum atomic E-state index is -4.96. The smallest absolute Gasteiger partial charge is 0.462 e. The SMILES string of the molecule is CCCCCCCCCCCCCCCCCCCCCC(=O)OC[C@H](COP(=O)(O)OC[C@@H](O)COP(=O)(O)OC[C@@H](COC(=O)CCCCCCCCCCCC)OC(=O)CCCCCCCCCC(C)C)OC(=O)CCCCCCCCCCCCCCCCCCC(C)C. The molecule has 5 atom stereocenters. The number of ether oxygens (including phenoxy) is 4. The molecule has 582 valence electrons. The fourth-order valence-electron chi connectivity index (χ4n) is 12.2. The minimum absolute atomic E-state index is 0.104. The van der Waals surface area contributed by atoms with Gasteiger partial charge in [0.25, 0.3) is 0 Å². The summed E-state index contributed by atoms with van der Waals surface area (Å²) in [5, 5.41) is 10.6. The lowest BCUT2D eigenvalue weighted by molar-refractivity contribution is -0.161. The fourth-order valence-corrected chi connectivity index (χ4v) is 13.8. The molecule has 98 heavy (non-hydrogen) atoms. The average Bonchev–Trinajstić information content (AvgIpc) is 1.27. The number of phosphoric ester groups is 2. The zero-order valence-electron chi connectivity index (χ0n) is 64.1. The molecule has 0 radical (unpaired) electrons. The van der Waals surface area contributed by atoms with Crippen molar-refractivity contribution in [1.29, 1.82) is 0 Å². The lowest BCUT2D eigenvalue weighted by atomic mass is 10.0. The first-order valence-corrected chi connectivity index (χ1v) is 44.0. The van der Waals surface area contributed by atoms with Crippen LogP contribution in [0.1, 0.15) is 414 Å². The number of rotatable bonds is 78. The average molecular weight is 1440 g/mol. The molecular weight excluding hydrogens is 1280 g/mol. The molecule has 0 rings (SSSR count). The third-order valence-corrected chi connectivity index (χ3v) is 20.4. The van der Waals surface area contributed by atoms with Gasteiger partial charge in [-0.3, -0.25) is 37.3 Å². The van der Waals surface area contributed by atoms with E-state index in [1.54, 1.807) is 0 Å². The van der Waals surface area contributed by atoms with E-state index in [0.29, 0.717) is 31.6 Å². The van der Waals surface area contributed by atoms with Crippen LogP contribution < -0.4 is 0 Å². The first-order chi connectivity index (χ1) is 47.4. The topological polar surface area (TPSA) is 237 Å². The van der Waals surface area contributed by atoms with Crippen LogP contribution >= 0.6 is 15.6 Å². The van der Waals surface area contributed by atoms with E-state index in [4.69, 9.17) is 37.0 Å². The van der Waals surface area contributed by atoms with Gasteiger partial charge in [-0.25, -0.2) is 9.13 Å². The largest absolute Gasteiger partial charge is 0.472 e. The first-order valence-electron chi connectivity index (χ1n) is 41.0. The van der Waals surface area contributed by atoms with Gasteiger partial charge in [0.05, 0.1) is 26.4 Å². The van der Waals surface area contributed by atoms with E-state index in [9.17, 15) is 43.2 Å². The molecule has 0 heterocycles. The van der Waals surface area contributed by atoms with Crippen LogP contribution in [0, 0.1) is 11.8 Å². The van der Waals surface area contributed by atoms with Crippen molar-refractivity contribution in [3.63, 3.8) is 0 Å². The standard InChI is InChI=1S/C79H154O17P2/c1-7-9-11-13-15-17-19-20-21-22-23-24-28-31-34-38-44-50-56-62-77(82)90-67-74(95-78(83)63-57-51-45-39-35-32-29-26-25-27-30-33-36-41-47-53-59-71(3)4)69-93-97(85,86)91-65-73(80)66-92-98(87,88)94-70-75(96-79(84)64-58-52-46-40-42-48-54-60-72(5)6)68-89-76(81)61-55-49-43-37-18-16-14-12-10-8-2/h71-75,80H,7-70H2,1-6H3,(H,85,86)(H,87,88)/t73-,74-,75-/m1/s1. The second-order valence-corrected chi connectivity index (χ2v) is 32.3. The molecule has 0 aromatic carbocycles. The van der Waals surface area contributed by atoms with Crippen LogP contribution in [0.15, 0.2) is 0 Å². The highest BCUT2D eigenvalue weighted by Gasteiger charge is 2.30. The molecule has 2 unspecified atom stereocenters. The molecule has 0 aromatic rings. The Kier molecular flexibility index (Phi) is 69.3. The van der Waals surface area contributed by atoms with Crippen molar-refractivity contribution in [3.05, 3.63) is 0 Å². The number of aliphatic hydroxyl groups excluding tert-OH is 1. The van der Waals surface area contributed by atoms with Gasteiger partial charge >= 0.3 is 39.5 Å². The summed E-state index contributed by atoms with van der Waals surface area (Å²) in [4.78, 5) is 72.8. The van der Waals surface area contributed by atoms with Gasteiger partial charge in [-0.15, -0.1) is 0 Å². The molecular formula is C79H154O17P2. The summed E-state index contributed by atoms with van der Waals surface area (Å²) < 4.78 is 68.6. The molecule has 19 heteroatoms. The van der Waals surface area contributed by atoms with Crippen molar-refractivity contribution >= 4 is 39.5 Å². The molecule has 0 aromatic heterocycles. The fraction of sp³-hybridized carbons (Fsp3) is 0.949. The van der Waals surface area contributed by atoms with Crippen molar-refractivity contribution in [2.24, 2.45) is 11.8 Å². The van der Waals surface area contributed by atoms with Crippen molar-refractivity contribution < 1.29 is 80.2 Å². The Morgan fingerprint density at radius 3 is 0.694 bits per heavy atom.